The zero-order valence-electron chi connectivity index (χ0n) is 45.3. The van der Waals surface area contributed by atoms with Crippen molar-refractivity contribution < 1.29 is 118 Å². The van der Waals surface area contributed by atoms with Crippen molar-refractivity contribution in [3.8, 4) is 17.2 Å². The number of fused-ring (bicyclic) bond motifs is 3. The number of hydrazone groups is 2. The minimum absolute atomic E-state index is 0.0176. The maximum atomic E-state index is 14.1. The van der Waals surface area contributed by atoms with E-state index in [0.29, 0.717) is 0 Å². The van der Waals surface area contributed by atoms with Gasteiger partial charge in [-0.05, 0) is 45.6 Å². The van der Waals surface area contributed by atoms with Gasteiger partial charge < -0.3 is 100.0 Å². The molecule has 452 valence electrons. The van der Waals surface area contributed by atoms with Crippen LogP contribution >= 0.6 is 0 Å². The molecule has 1 aliphatic heterocycles. The van der Waals surface area contributed by atoms with Gasteiger partial charge in [0.15, 0.2) is 30.9 Å². The first-order chi connectivity index (χ1) is 38.7. The van der Waals surface area contributed by atoms with Gasteiger partial charge in [-0.1, -0.05) is 19.1 Å². The predicted octanol–water partition coefficient (Wildman–Crippen LogP) is -2.41. The van der Waals surface area contributed by atoms with Gasteiger partial charge in [0.05, 0.1) is 78.8 Å². The average molecular weight is 1160 g/mol. The third-order valence-corrected chi connectivity index (χ3v) is 14.6. The molecule has 2 aliphatic carbocycles. The first-order valence-corrected chi connectivity index (χ1v) is 26.1. The Hall–Kier alpha value is -6.58. The number of benzene rings is 2. The molecule has 1 heterocycles. The minimum Gasteiger partial charge on any atom is -0.507 e. The Morgan fingerprint density at radius 2 is 1.49 bits per heavy atom. The number of carboxylic acid groups (broad SMARTS) is 1. The first kappa shape index (κ1) is 66.2. The standard InChI is InChI=1S/C53H71N5O24/c1-22(15-37(65)66)43(67)51(75)52(76)82-34(21-61)33(20-60)80-32(26(13-14-59)48(72)44(68)23(2)62)19-55-57-35(63)11-6-7-12-36(64)58-56-25(4)53(77)17-28-40(31(18-53)81-38-16-29(54)45(69)24(3)79-38)50(74)42-41(47(28)71)46(70)27-9-8-10-30(78-5)39(27)49(42)73/h8-10,14,19-24,26,29,31-34,38,43-45,48,51-52,62,67-69,71-72,74-77H,6-7,11-13,15-18,54H2,1-5H3,(H,57,63)(H,58,64)(H,65,66)/b55-19+,56-25-/t22-,23+,24?,26+,29?,31+,32?,33?,34?,38?,43-,44-,45?,48?,51?,52+,53+/m1/s1. The highest BCUT2D eigenvalue weighted by Gasteiger charge is 2.49. The van der Waals surface area contributed by atoms with Crippen LogP contribution in [0.3, 0.4) is 0 Å². The number of phenolic OH excluding ortho intramolecular Hbond substituents is 2. The van der Waals surface area contributed by atoms with Crippen LogP contribution in [0.5, 0.6) is 17.2 Å². The zero-order valence-corrected chi connectivity index (χ0v) is 45.3. The molecule has 0 spiro atoms. The number of amides is 2. The number of carbonyl (C=O) groups is 8. The van der Waals surface area contributed by atoms with E-state index >= 15 is 0 Å². The number of nitrogens with zero attached hydrogens (tertiary/aromatic N) is 2. The van der Waals surface area contributed by atoms with Gasteiger partial charge in [0.25, 0.3) is 0 Å². The van der Waals surface area contributed by atoms with E-state index in [9.17, 15) is 89.4 Å². The number of carboxylic acids is 1. The van der Waals surface area contributed by atoms with Crippen molar-refractivity contribution in [1.82, 2.24) is 10.9 Å². The smallest absolute Gasteiger partial charge is 0.303 e. The van der Waals surface area contributed by atoms with Gasteiger partial charge in [0, 0.05) is 67.2 Å². The molecular formula is C53H71N5O24. The van der Waals surface area contributed by atoms with Crippen molar-refractivity contribution in [2.45, 2.75) is 177 Å². The first-order valence-electron chi connectivity index (χ1n) is 26.1. The monoisotopic (exact) mass is 1160 g/mol. The Bertz CT molecular complexity index is 2710. The van der Waals surface area contributed by atoms with Crippen LogP contribution in [0, 0.1) is 11.8 Å². The SMILES string of the molecule is COc1cccc2c1C(=O)c1c(O)c3c(c(O)c1C2=O)C[C@@](O)(/C(C)=N\NC(=O)CCCCC(=O)N/N=C/C(OC(C=O)C(C=O)O[C@H](O)C(O)[C@H](O)[C@H](C)CC(=O)O)[C@H](CC=O)C(O)[C@H](O)[C@H](C)O)C[C@@H]3OC1CC(N)C(O)C(C)O1. The molecule has 9 unspecified atom stereocenters. The van der Waals surface area contributed by atoms with E-state index in [1.807, 2.05) is 0 Å². The summed E-state index contributed by atoms with van der Waals surface area (Å²) in [6.07, 6.45) is -24.2. The van der Waals surface area contributed by atoms with Gasteiger partial charge in [-0.25, -0.2) is 10.9 Å². The van der Waals surface area contributed by atoms with E-state index in [-0.39, 0.29) is 84.7 Å². The Balaban J connectivity index is 1.27. The molecule has 0 bridgehead atoms. The molecule has 0 saturated carbocycles. The summed E-state index contributed by atoms with van der Waals surface area (Å²) in [6.45, 7) is 5.23. The number of aldehydes is 3. The summed E-state index contributed by atoms with van der Waals surface area (Å²) in [5.74, 6) is -8.58. The zero-order chi connectivity index (χ0) is 61.1. The topological polar surface area (TPSA) is 480 Å². The van der Waals surface area contributed by atoms with Crippen LogP contribution in [-0.2, 0) is 54.1 Å². The normalized spacial score (nSPS) is 24.9. The van der Waals surface area contributed by atoms with Crippen molar-refractivity contribution in [2.75, 3.05) is 7.11 Å². The maximum Gasteiger partial charge on any atom is 0.303 e. The Labute approximate surface area is 468 Å². The fourth-order valence-electron chi connectivity index (χ4n) is 9.84. The number of ketones is 2. The van der Waals surface area contributed by atoms with Crippen LogP contribution in [0.25, 0.3) is 0 Å². The Morgan fingerprint density at radius 1 is 0.866 bits per heavy atom. The number of rotatable bonds is 30. The van der Waals surface area contributed by atoms with Crippen molar-refractivity contribution in [3.63, 3.8) is 0 Å². The van der Waals surface area contributed by atoms with Crippen LogP contribution in [0.1, 0.15) is 128 Å². The molecule has 29 heteroatoms. The fraction of sp³-hybridized carbons (Fsp3) is 0.585. The third kappa shape index (κ3) is 15.3. The second-order valence-electron chi connectivity index (χ2n) is 20.5. The number of aromatic hydroxyl groups is 2. The number of methoxy groups -OCH3 is 1. The van der Waals surface area contributed by atoms with E-state index in [1.165, 1.54) is 39.2 Å². The van der Waals surface area contributed by atoms with Crippen LogP contribution in [0.4, 0.5) is 0 Å². The lowest BCUT2D eigenvalue weighted by Gasteiger charge is -2.42. The number of carbonyl (C=O) groups excluding carboxylic acids is 7. The fourth-order valence-corrected chi connectivity index (χ4v) is 9.84. The van der Waals surface area contributed by atoms with Crippen molar-refractivity contribution in [3.05, 3.63) is 51.6 Å². The van der Waals surface area contributed by atoms with E-state index < -0.39 is 181 Å². The van der Waals surface area contributed by atoms with Gasteiger partial charge in [-0.2, -0.15) is 10.2 Å². The van der Waals surface area contributed by atoms with E-state index in [0.717, 1.165) is 13.1 Å². The molecule has 2 aromatic rings. The summed E-state index contributed by atoms with van der Waals surface area (Å²) in [5, 5.41) is 126. The predicted molar refractivity (Wildman–Crippen MR) is 279 cm³/mol. The number of hydrogen-bond donors (Lipinski definition) is 14. The minimum atomic E-state index is -2.42. The van der Waals surface area contributed by atoms with Gasteiger partial charge in [0.1, 0.15) is 59.7 Å². The lowest BCUT2D eigenvalue weighted by molar-refractivity contribution is -0.245. The molecule has 29 nitrogen and oxygen atoms in total. The van der Waals surface area contributed by atoms with Gasteiger partial charge >= 0.3 is 5.97 Å². The highest BCUT2D eigenvalue weighted by molar-refractivity contribution is 6.31. The molecule has 1 fully saturated rings. The number of nitrogens with two attached hydrogens (primary N) is 1. The van der Waals surface area contributed by atoms with Crippen LogP contribution in [0.2, 0.25) is 0 Å². The largest absolute Gasteiger partial charge is 0.507 e. The summed E-state index contributed by atoms with van der Waals surface area (Å²) in [4.78, 5) is 101. The lowest BCUT2D eigenvalue weighted by atomic mass is 9.72. The molecular weight excluding hydrogens is 1090 g/mol. The molecule has 2 aromatic carbocycles. The Kier molecular flexibility index (Phi) is 23.5. The molecule has 15 N–H and O–H groups in total. The molecule has 17 atom stereocenters. The molecule has 2 amide bonds. The van der Waals surface area contributed by atoms with Crippen LogP contribution in [0.15, 0.2) is 28.4 Å². The second-order valence-corrected chi connectivity index (χ2v) is 20.5. The second kappa shape index (κ2) is 29.1. The molecule has 0 aromatic heterocycles. The molecule has 0 radical (unpaired) electrons. The summed E-state index contributed by atoms with van der Waals surface area (Å²) >= 11 is 0. The van der Waals surface area contributed by atoms with Crippen LogP contribution < -0.4 is 21.3 Å². The number of aliphatic hydroxyl groups is 8. The molecule has 5 rings (SSSR count). The van der Waals surface area contributed by atoms with Gasteiger partial charge in [0.2, 0.25) is 17.6 Å². The van der Waals surface area contributed by atoms with E-state index in [2.05, 4.69) is 21.1 Å². The number of unbranched alkanes of at least 4 members (excludes halogenated alkanes) is 1. The summed E-state index contributed by atoms with van der Waals surface area (Å²) < 4.78 is 28.2. The number of hydrogen-bond acceptors (Lipinski definition) is 26. The number of ether oxygens (including phenoxy) is 5. The van der Waals surface area contributed by atoms with E-state index in [1.54, 1.807) is 6.92 Å². The quantitative estimate of drug-likeness (QED) is 0.00825. The number of aliphatic hydroxyl groups excluding tert-OH is 7. The lowest BCUT2D eigenvalue weighted by Crippen LogP contribution is -2.52. The number of aliphatic carboxylic acids is 1. The molecule has 82 heavy (non-hydrogen) atoms. The van der Waals surface area contributed by atoms with Gasteiger partial charge in [-0.3, -0.25) is 24.0 Å². The van der Waals surface area contributed by atoms with E-state index in [4.69, 9.17) is 34.5 Å². The molecule has 1 saturated heterocycles. The summed E-state index contributed by atoms with van der Waals surface area (Å²) in [7, 11) is 1.29. The highest BCUT2D eigenvalue weighted by atomic mass is 16.7. The molecule has 3 aliphatic rings. The van der Waals surface area contributed by atoms with Crippen molar-refractivity contribution in [1.29, 1.82) is 0 Å². The number of nitrogens with one attached hydrogen (secondary N) is 2. The third-order valence-electron chi connectivity index (χ3n) is 14.6. The van der Waals surface area contributed by atoms with Gasteiger partial charge in [-0.15, -0.1) is 0 Å². The Morgan fingerprint density at radius 3 is 2.07 bits per heavy atom. The number of phenols is 2. The maximum absolute atomic E-state index is 14.1. The van der Waals surface area contributed by atoms with Crippen molar-refractivity contribution in [2.24, 2.45) is 27.8 Å². The highest BCUT2D eigenvalue weighted by Crippen LogP contribution is 2.52. The average Bonchev–Trinajstić information content (AvgIpc) is 3.07. The van der Waals surface area contributed by atoms with Crippen LogP contribution in [-0.4, -0.2) is 209 Å². The van der Waals surface area contributed by atoms with Crippen molar-refractivity contribution >= 4 is 60.1 Å². The summed E-state index contributed by atoms with van der Waals surface area (Å²) in [5.41, 5.74) is 6.76. The summed E-state index contributed by atoms with van der Waals surface area (Å²) in [6, 6.07) is 3.44.